The van der Waals surface area contributed by atoms with Gasteiger partial charge < -0.3 is 0 Å². The maximum Gasteiger partial charge on any atom is 0.0849 e. The van der Waals surface area contributed by atoms with Gasteiger partial charge in [-0.3, -0.25) is 4.98 Å². The first-order valence-electron chi connectivity index (χ1n) is 5.15. The molecule has 0 spiro atoms. The van der Waals surface area contributed by atoms with Crippen LogP contribution in [0, 0.1) is 6.92 Å². The zero-order chi connectivity index (χ0) is 11.4. The van der Waals surface area contributed by atoms with Crippen LogP contribution in [0.5, 0.6) is 0 Å². The van der Waals surface area contributed by atoms with Crippen molar-refractivity contribution in [2.24, 2.45) is 0 Å². The Hall–Kier alpha value is -1.42. The quantitative estimate of drug-likeness (QED) is 0.761. The summed E-state index contributed by atoms with van der Waals surface area (Å²) in [5.74, 6) is 0.571. The van der Waals surface area contributed by atoms with E-state index < -0.39 is 0 Å². The lowest BCUT2D eigenvalue weighted by Crippen LogP contribution is -2.03. The van der Waals surface area contributed by atoms with Crippen LogP contribution in [-0.4, -0.2) is 25.9 Å². The summed E-state index contributed by atoms with van der Waals surface area (Å²) in [4.78, 5) is 4.41. The number of pyridine rings is 1. The lowest BCUT2D eigenvalue weighted by Gasteiger charge is -2.00. The third-order valence-corrected chi connectivity index (χ3v) is 2.40. The van der Waals surface area contributed by atoms with Crippen LogP contribution >= 0.6 is 11.6 Å². The molecule has 0 radical (unpaired) electrons. The van der Waals surface area contributed by atoms with E-state index >= 15 is 0 Å². The SMILES string of the molecule is Cc1cccc(Cn2cc(CCCl)nn2)n1. The molecule has 0 unspecified atom stereocenters. The Morgan fingerprint density at radius 2 is 2.19 bits per heavy atom. The summed E-state index contributed by atoms with van der Waals surface area (Å²) in [5, 5.41) is 8.05. The van der Waals surface area contributed by atoms with Crippen molar-refractivity contribution in [3.8, 4) is 0 Å². The van der Waals surface area contributed by atoms with Gasteiger partial charge in [0.15, 0.2) is 0 Å². The molecular formula is C11H13ClN4. The number of aryl methyl sites for hydroxylation is 2. The molecule has 0 saturated carbocycles. The molecule has 0 bridgehead atoms. The molecule has 0 fully saturated rings. The molecule has 0 aliphatic heterocycles. The maximum absolute atomic E-state index is 5.64. The van der Waals surface area contributed by atoms with Crippen molar-refractivity contribution in [2.75, 3.05) is 5.88 Å². The van der Waals surface area contributed by atoms with Crippen LogP contribution in [0.4, 0.5) is 0 Å². The van der Waals surface area contributed by atoms with E-state index in [1.54, 1.807) is 4.68 Å². The minimum Gasteiger partial charge on any atom is -0.256 e. The summed E-state index contributed by atoms with van der Waals surface area (Å²) in [5.41, 5.74) is 2.92. The maximum atomic E-state index is 5.64. The molecule has 0 saturated heterocycles. The van der Waals surface area contributed by atoms with Crippen molar-refractivity contribution in [1.29, 1.82) is 0 Å². The number of hydrogen-bond donors (Lipinski definition) is 0. The van der Waals surface area contributed by atoms with E-state index in [0.717, 1.165) is 23.5 Å². The fourth-order valence-electron chi connectivity index (χ4n) is 1.48. The van der Waals surface area contributed by atoms with Crippen molar-refractivity contribution < 1.29 is 0 Å². The highest BCUT2D eigenvalue weighted by Gasteiger charge is 2.01. The molecule has 2 rings (SSSR count). The first-order chi connectivity index (χ1) is 7.78. The van der Waals surface area contributed by atoms with Gasteiger partial charge >= 0.3 is 0 Å². The number of aromatic nitrogens is 4. The average molecular weight is 237 g/mol. The van der Waals surface area contributed by atoms with Crippen LogP contribution in [0.25, 0.3) is 0 Å². The molecule has 2 heterocycles. The van der Waals surface area contributed by atoms with Crippen molar-refractivity contribution in [1.82, 2.24) is 20.0 Å². The molecule has 0 aromatic carbocycles. The molecule has 4 nitrogen and oxygen atoms in total. The summed E-state index contributed by atoms with van der Waals surface area (Å²) in [7, 11) is 0. The van der Waals surface area contributed by atoms with Gasteiger partial charge in [0.25, 0.3) is 0 Å². The van der Waals surface area contributed by atoms with E-state index in [0.29, 0.717) is 12.4 Å². The Labute approximate surface area is 99.3 Å². The number of halogens is 1. The fourth-order valence-corrected chi connectivity index (χ4v) is 1.67. The molecule has 2 aromatic heterocycles. The fraction of sp³-hybridized carbons (Fsp3) is 0.364. The smallest absolute Gasteiger partial charge is 0.0849 e. The molecule has 0 aliphatic rings. The predicted octanol–water partition coefficient (Wildman–Crippen LogP) is 1.81. The van der Waals surface area contributed by atoms with E-state index in [1.165, 1.54) is 0 Å². The van der Waals surface area contributed by atoms with Crippen molar-refractivity contribution in [2.45, 2.75) is 19.9 Å². The highest BCUT2D eigenvalue weighted by atomic mass is 35.5. The molecule has 0 atom stereocenters. The second-order valence-corrected chi connectivity index (χ2v) is 3.99. The Balaban J connectivity index is 2.08. The van der Waals surface area contributed by atoms with Crippen LogP contribution in [-0.2, 0) is 13.0 Å². The van der Waals surface area contributed by atoms with Crippen LogP contribution in [0.2, 0.25) is 0 Å². The van der Waals surface area contributed by atoms with Gasteiger partial charge in [-0.1, -0.05) is 11.3 Å². The number of nitrogens with zero attached hydrogens (tertiary/aromatic N) is 4. The molecular weight excluding hydrogens is 224 g/mol. The standard InChI is InChI=1S/C11H13ClN4/c1-9-3-2-4-10(13-9)7-16-8-11(5-6-12)14-15-16/h2-4,8H,5-7H2,1H3. The Bertz CT molecular complexity index is 467. The van der Waals surface area contributed by atoms with Gasteiger partial charge in [0.1, 0.15) is 0 Å². The summed E-state index contributed by atoms with van der Waals surface area (Å²) < 4.78 is 1.78. The monoisotopic (exact) mass is 236 g/mol. The molecule has 84 valence electrons. The average Bonchev–Trinajstić information content (AvgIpc) is 2.66. The second kappa shape index (κ2) is 5.07. The van der Waals surface area contributed by atoms with Gasteiger partial charge in [-0.15, -0.1) is 16.7 Å². The van der Waals surface area contributed by atoms with Crippen molar-refractivity contribution >= 4 is 11.6 Å². The van der Waals surface area contributed by atoms with Gasteiger partial charge in [0, 0.05) is 24.2 Å². The van der Waals surface area contributed by atoms with Crippen LogP contribution in [0.3, 0.4) is 0 Å². The van der Waals surface area contributed by atoms with Crippen LogP contribution < -0.4 is 0 Å². The Morgan fingerprint density at radius 1 is 1.31 bits per heavy atom. The zero-order valence-electron chi connectivity index (χ0n) is 9.10. The van der Waals surface area contributed by atoms with E-state index in [2.05, 4.69) is 15.3 Å². The third kappa shape index (κ3) is 2.79. The van der Waals surface area contributed by atoms with Crippen molar-refractivity contribution in [3.05, 3.63) is 41.5 Å². The van der Waals surface area contributed by atoms with E-state index in [9.17, 15) is 0 Å². The Kier molecular flexibility index (Phi) is 3.51. The van der Waals surface area contributed by atoms with Crippen molar-refractivity contribution in [3.63, 3.8) is 0 Å². The lowest BCUT2D eigenvalue weighted by atomic mass is 10.3. The third-order valence-electron chi connectivity index (χ3n) is 2.21. The molecule has 0 amide bonds. The zero-order valence-corrected chi connectivity index (χ0v) is 9.85. The van der Waals surface area contributed by atoms with E-state index in [4.69, 9.17) is 11.6 Å². The normalized spacial score (nSPS) is 10.6. The Morgan fingerprint density at radius 3 is 2.94 bits per heavy atom. The lowest BCUT2D eigenvalue weighted by molar-refractivity contribution is 0.637. The first-order valence-corrected chi connectivity index (χ1v) is 5.69. The van der Waals surface area contributed by atoms with Gasteiger partial charge in [-0.25, -0.2) is 4.68 Å². The molecule has 0 N–H and O–H groups in total. The topological polar surface area (TPSA) is 43.6 Å². The highest BCUT2D eigenvalue weighted by molar-refractivity contribution is 6.17. The largest absolute Gasteiger partial charge is 0.256 e. The minimum absolute atomic E-state index is 0.571. The number of hydrogen-bond acceptors (Lipinski definition) is 3. The van der Waals surface area contributed by atoms with E-state index in [1.807, 2.05) is 31.3 Å². The first kappa shape index (κ1) is 11.1. The predicted molar refractivity (Wildman–Crippen MR) is 62.5 cm³/mol. The van der Waals surface area contributed by atoms with Gasteiger partial charge in [0.2, 0.25) is 0 Å². The number of rotatable bonds is 4. The summed E-state index contributed by atoms with van der Waals surface area (Å²) in [6, 6.07) is 5.95. The molecule has 0 aliphatic carbocycles. The highest BCUT2D eigenvalue weighted by Crippen LogP contribution is 2.02. The van der Waals surface area contributed by atoms with Crippen LogP contribution in [0.1, 0.15) is 17.1 Å². The van der Waals surface area contributed by atoms with Gasteiger partial charge in [-0.2, -0.15) is 0 Å². The minimum atomic E-state index is 0.571. The summed E-state index contributed by atoms with van der Waals surface area (Å²) in [6.07, 6.45) is 2.66. The van der Waals surface area contributed by atoms with Gasteiger partial charge in [-0.05, 0) is 19.1 Å². The second-order valence-electron chi connectivity index (χ2n) is 3.62. The summed E-state index contributed by atoms with van der Waals surface area (Å²) >= 11 is 5.64. The summed E-state index contributed by atoms with van der Waals surface area (Å²) in [6.45, 7) is 2.63. The van der Waals surface area contributed by atoms with E-state index in [-0.39, 0.29) is 0 Å². The number of alkyl halides is 1. The molecule has 2 aromatic rings. The van der Waals surface area contributed by atoms with Gasteiger partial charge in [0.05, 0.1) is 17.9 Å². The molecule has 5 heteroatoms. The molecule has 16 heavy (non-hydrogen) atoms. The van der Waals surface area contributed by atoms with Crippen LogP contribution in [0.15, 0.2) is 24.4 Å².